The Morgan fingerprint density at radius 3 is 2.17 bits per heavy atom. The predicted molar refractivity (Wildman–Crippen MR) is 93.5 cm³/mol. The molecular weight excluding hydrogens is 316 g/mol. The van der Waals surface area contributed by atoms with Gasteiger partial charge in [0.05, 0.1) is 38.8 Å². The number of benzene rings is 2. The number of rotatable bonds is 6. The molecule has 0 aliphatic rings. The molecule has 2 aromatic rings. The molecule has 0 aromatic heterocycles. The minimum absolute atomic E-state index is 0.605. The molecular formula is C17H19ClN2O3. The predicted octanol–water partition coefficient (Wildman–Crippen LogP) is 4.12. The number of nitrogens with zero attached hydrogens (tertiary/aromatic N) is 1. The molecule has 6 heteroatoms. The van der Waals surface area contributed by atoms with Crippen molar-refractivity contribution in [2.45, 2.75) is 6.92 Å². The van der Waals surface area contributed by atoms with Gasteiger partial charge in [0.1, 0.15) is 17.2 Å². The normalized spacial score (nSPS) is 10.7. The van der Waals surface area contributed by atoms with Crippen LogP contribution in [0.25, 0.3) is 0 Å². The maximum atomic E-state index is 6.09. The first kappa shape index (κ1) is 17.0. The summed E-state index contributed by atoms with van der Waals surface area (Å²) in [5, 5.41) is 4.91. The van der Waals surface area contributed by atoms with E-state index in [4.69, 9.17) is 25.8 Å². The molecule has 0 unspecified atom stereocenters. The van der Waals surface area contributed by atoms with Crippen molar-refractivity contribution in [3.8, 4) is 17.2 Å². The molecule has 0 bridgehead atoms. The quantitative estimate of drug-likeness (QED) is 0.637. The van der Waals surface area contributed by atoms with E-state index in [1.807, 2.05) is 25.1 Å². The summed E-state index contributed by atoms with van der Waals surface area (Å²) in [6, 6.07) is 9.19. The topological polar surface area (TPSA) is 52.1 Å². The minimum atomic E-state index is 0.605. The molecule has 0 fully saturated rings. The summed E-state index contributed by atoms with van der Waals surface area (Å²) in [7, 11) is 4.75. The smallest absolute Gasteiger partial charge is 0.135 e. The highest BCUT2D eigenvalue weighted by Crippen LogP contribution is 2.32. The van der Waals surface area contributed by atoms with Crippen molar-refractivity contribution < 1.29 is 14.2 Å². The molecule has 122 valence electrons. The second kappa shape index (κ2) is 7.74. The molecule has 23 heavy (non-hydrogen) atoms. The van der Waals surface area contributed by atoms with E-state index in [0.29, 0.717) is 27.8 Å². The average Bonchev–Trinajstić information content (AvgIpc) is 2.57. The van der Waals surface area contributed by atoms with E-state index < -0.39 is 0 Å². The van der Waals surface area contributed by atoms with Gasteiger partial charge in [-0.2, -0.15) is 5.10 Å². The number of ether oxygens (including phenoxy) is 3. The monoisotopic (exact) mass is 334 g/mol. The summed E-state index contributed by atoms with van der Waals surface area (Å²) in [5.74, 6) is 1.86. The molecule has 0 aliphatic carbocycles. The van der Waals surface area contributed by atoms with Crippen LogP contribution in [0.3, 0.4) is 0 Å². The van der Waals surface area contributed by atoms with Crippen molar-refractivity contribution in [1.29, 1.82) is 0 Å². The third kappa shape index (κ3) is 4.07. The van der Waals surface area contributed by atoms with Gasteiger partial charge in [-0.3, -0.25) is 5.43 Å². The zero-order valence-corrected chi connectivity index (χ0v) is 14.3. The molecule has 1 N–H and O–H groups in total. The number of anilines is 1. The van der Waals surface area contributed by atoms with E-state index in [2.05, 4.69) is 10.5 Å². The maximum Gasteiger partial charge on any atom is 0.135 e. The Kier molecular flexibility index (Phi) is 5.71. The van der Waals surface area contributed by atoms with E-state index in [0.717, 1.165) is 11.3 Å². The van der Waals surface area contributed by atoms with Crippen LogP contribution in [0.2, 0.25) is 5.02 Å². The zero-order valence-electron chi connectivity index (χ0n) is 13.5. The molecule has 0 saturated heterocycles. The third-order valence-electron chi connectivity index (χ3n) is 3.31. The lowest BCUT2D eigenvalue weighted by atomic mass is 10.2. The minimum Gasteiger partial charge on any atom is -0.496 e. The zero-order chi connectivity index (χ0) is 16.8. The van der Waals surface area contributed by atoms with Crippen LogP contribution in [0, 0.1) is 6.92 Å². The van der Waals surface area contributed by atoms with Crippen LogP contribution in [0.1, 0.15) is 11.1 Å². The second-order valence-electron chi connectivity index (χ2n) is 4.78. The number of hydrogen-bond donors (Lipinski definition) is 1. The van der Waals surface area contributed by atoms with Crippen molar-refractivity contribution in [2.24, 2.45) is 5.10 Å². The van der Waals surface area contributed by atoms with E-state index in [1.54, 1.807) is 39.7 Å². The number of methoxy groups -OCH3 is 3. The van der Waals surface area contributed by atoms with E-state index in [-0.39, 0.29) is 0 Å². The summed E-state index contributed by atoms with van der Waals surface area (Å²) >= 11 is 6.09. The van der Waals surface area contributed by atoms with Gasteiger partial charge >= 0.3 is 0 Å². The van der Waals surface area contributed by atoms with Crippen LogP contribution in [0.4, 0.5) is 5.69 Å². The fourth-order valence-electron chi connectivity index (χ4n) is 1.99. The van der Waals surface area contributed by atoms with Gasteiger partial charge < -0.3 is 14.2 Å². The van der Waals surface area contributed by atoms with Gasteiger partial charge in [-0.15, -0.1) is 0 Å². The Morgan fingerprint density at radius 1 is 1.00 bits per heavy atom. The largest absolute Gasteiger partial charge is 0.496 e. The Balaban J connectivity index is 2.25. The second-order valence-corrected chi connectivity index (χ2v) is 5.19. The van der Waals surface area contributed by atoms with Crippen LogP contribution in [0.5, 0.6) is 17.2 Å². The lowest BCUT2D eigenvalue weighted by molar-refractivity contribution is 0.374. The van der Waals surface area contributed by atoms with Crippen molar-refractivity contribution in [3.63, 3.8) is 0 Å². The first-order valence-corrected chi connectivity index (χ1v) is 7.32. The van der Waals surface area contributed by atoms with E-state index >= 15 is 0 Å². The number of hydrazone groups is 1. The first-order chi connectivity index (χ1) is 11.1. The number of halogens is 1. The number of aryl methyl sites for hydroxylation is 1. The first-order valence-electron chi connectivity index (χ1n) is 6.94. The van der Waals surface area contributed by atoms with Crippen molar-refractivity contribution in [3.05, 3.63) is 46.5 Å². The SMILES string of the molecule is COc1cc(OC)c(/C=N/Nc2ccc(C)c(Cl)c2)c(OC)c1. The molecule has 0 amide bonds. The summed E-state index contributed by atoms with van der Waals surface area (Å²) in [5.41, 5.74) is 5.45. The third-order valence-corrected chi connectivity index (χ3v) is 3.72. The van der Waals surface area contributed by atoms with Gasteiger partial charge in [0, 0.05) is 17.2 Å². The standard InChI is InChI=1S/C17H19ClN2O3/c1-11-5-6-12(7-15(11)18)20-19-10-14-16(22-3)8-13(21-2)9-17(14)23-4/h5-10,20H,1-4H3/b19-10+. The fraction of sp³-hybridized carbons (Fsp3) is 0.235. The molecule has 0 spiro atoms. The molecule has 0 radical (unpaired) electrons. The highest BCUT2D eigenvalue weighted by atomic mass is 35.5. The van der Waals surface area contributed by atoms with Gasteiger partial charge in [-0.25, -0.2) is 0 Å². The Bertz CT molecular complexity index is 692. The van der Waals surface area contributed by atoms with Gasteiger partial charge in [0.15, 0.2) is 0 Å². The molecule has 0 saturated carbocycles. The van der Waals surface area contributed by atoms with Crippen molar-refractivity contribution in [2.75, 3.05) is 26.8 Å². The Morgan fingerprint density at radius 2 is 1.65 bits per heavy atom. The highest BCUT2D eigenvalue weighted by molar-refractivity contribution is 6.31. The lowest BCUT2D eigenvalue weighted by Gasteiger charge is -2.12. The molecule has 0 heterocycles. The molecule has 0 atom stereocenters. The van der Waals surface area contributed by atoms with Crippen LogP contribution >= 0.6 is 11.6 Å². The van der Waals surface area contributed by atoms with Gasteiger partial charge in [0.2, 0.25) is 0 Å². The van der Waals surface area contributed by atoms with Crippen molar-refractivity contribution >= 4 is 23.5 Å². The van der Waals surface area contributed by atoms with Crippen LogP contribution in [-0.4, -0.2) is 27.5 Å². The van der Waals surface area contributed by atoms with Gasteiger partial charge in [-0.1, -0.05) is 17.7 Å². The Hall–Kier alpha value is -2.40. The van der Waals surface area contributed by atoms with Crippen molar-refractivity contribution in [1.82, 2.24) is 0 Å². The molecule has 5 nitrogen and oxygen atoms in total. The molecule has 2 rings (SSSR count). The van der Waals surface area contributed by atoms with Crippen LogP contribution in [0.15, 0.2) is 35.4 Å². The summed E-state index contributed by atoms with van der Waals surface area (Å²) in [6.45, 7) is 1.95. The van der Waals surface area contributed by atoms with Gasteiger partial charge in [-0.05, 0) is 24.6 Å². The summed E-state index contributed by atoms with van der Waals surface area (Å²) in [4.78, 5) is 0. The number of nitrogens with one attached hydrogen (secondary N) is 1. The maximum absolute atomic E-state index is 6.09. The Labute approximate surface area is 140 Å². The lowest BCUT2D eigenvalue weighted by Crippen LogP contribution is -1.99. The van der Waals surface area contributed by atoms with Gasteiger partial charge in [0.25, 0.3) is 0 Å². The fourth-order valence-corrected chi connectivity index (χ4v) is 2.17. The van der Waals surface area contributed by atoms with E-state index in [1.165, 1.54) is 0 Å². The van der Waals surface area contributed by atoms with Crippen LogP contribution < -0.4 is 19.6 Å². The summed E-state index contributed by atoms with van der Waals surface area (Å²) < 4.78 is 16.0. The molecule has 2 aromatic carbocycles. The number of hydrogen-bond acceptors (Lipinski definition) is 5. The van der Waals surface area contributed by atoms with E-state index in [9.17, 15) is 0 Å². The van der Waals surface area contributed by atoms with Crippen LogP contribution in [-0.2, 0) is 0 Å². The molecule has 0 aliphatic heterocycles. The summed E-state index contributed by atoms with van der Waals surface area (Å²) in [6.07, 6.45) is 1.63. The highest BCUT2D eigenvalue weighted by Gasteiger charge is 2.11. The average molecular weight is 335 g/mol.